The minimum Gasteiger partial charge on any atom is -0.476 e. The number of nitrogens with two attached hydrogens (primary N) is 2. The van der Waals surface area contributed by atoms with Crippen LogP contribution in [0.1, 0.15) is 20.1 Å². The predicted octanol–water partition coefficient (Wildman–Crippen LogP) is -0.391. The zero-order chi connectivity index (χ0) is 19.2. The summed E-state index contributed by atoms with van der Waals surface area (Å²) >= 11 is 0. The summed E-state index contributed by atoms with van der Waals surface area (Å²) in [7, 11) is 2.77. The van der Waals surface area contributed by atoms with Crippen LogP contribution in [0.2, 0.25) is 0 Å². The van der Waals surface area contributed by atoms with E-state index in [1.54, 1.807) is 6.92 Å². The Morgan fingerprint density at radius 2 is 2.04 bits per heavy atom. The Kier molecular flexibility index (Phi) is 7.42. The highest BCUT2D eigenvalue weighted by atomic mass is 19.1. The molecule has 11 heteroatoms. The fourth-order valence-electron chi connectivity index (χ4n) is 2.05. The highest BCUT2D eigenvalue weighted by Crippen LogP contribution is 2.30. The number of imidazole rings is 1. The van der Waals surface area contributed by atoms with Gasteiger partial charge in [-0.3, -0.25) is 4.57 Å². The number of aliphatic hydroxyl groups excluding tert-OH is 2. The van der Waals surface area contributed by atoms with Gasteiger partial charge in [-0.2, -0.15) is 9.97 Å². The molecule has 0 saturated carbocycles. The van der Waals surface area contributed by atoms with Crippen molar-refractivity contribution >= 4 is 17.1 Å². The molecular weight excluding hydrogens is 335 g/mol. The molecule has 2 heterocycles. The normalized spacial score (nSPS) is 15.8. The summed E-state index contributed by atoms with van der Waals surface area (Å²) in [4.78, 5) is 11.9. The van der Waals surface area contributed by atoms with Gasteiger partial charge >= 0.3 is 0 Å². The number of alkyl halides is 1. The van der Waals surface area contributed by atoms with Crippen LogP contribution in [-0.2, 0) is 4.74 Å². The standard InChI is InChI=1S/C13H20FN5O4.CH5N/c1-4-23-11-7-10(17-12(15)18-11)19(6-16-7)9(14)8(21)13(2,5-20)22-3;1-2/h6,8-9,20-21H,4-5H2,1-3H3,(H2,15,17,18);2H2,1H3/t8-,9-,13+;/m0./s1. The maximum atomic E-state index is 14.8. The molecule has 142 valence electrons. The molecule has 0 unspecified atom stereocenters. The van der Waals surface area contributed by atoms with Gasteiger partial charge in [0.2, 0.25) is 18.1 Å². The number of halogens is 1. The van der Waals surface area contributed by atoms with Crippen molar-refractivity contribution in [3.05, 3.63) is 6.33 Å². The Bertz CT molecular complexity index is 679. The molecule has 0 aliphatic rings. The number of aromatic nitrogens is 4. The Morgan fingerprint density at radius 1 is 1.40 bits per heavy atom. The largest absolute Gasteiger partial charge is 0.476 e. The maximum absolute atomic E-state index is 14.8. The summed E-state index contributed by atoms with van der Waals surface area (Å²) in [6.45, 7) is 2.90. The maximum Gasteiger partial charge on any atom is 0.247 e. The fourth-order valence-corrected chi connectivity index (χ4v) is 2.05. The van der Waals surface area contributed by atoms with Crippen LogP contribution in [0, 0.1) is 0 Å². The van der Waals surface area contributed by atoms with Gasteiger partial charge in [-0.1, -0.05) is 0 Å². The van der Waals surface area contributed by atoms with Gasteiger partial charge in [0, 0.05) is 7.11 Å². The molecule has 2 rings (SSSR count). The van der Waals surface area contributed by atoms with Crippen molar-refractivity contribution in [3.63, 3.8) is 0 Å². The number of rotatable bonds is 7. The number of hydrogen-bond donors (Lipinski definition) is 4. The van der Waals surface area contributed by atoms with Crippen LogP contribution >= 0.6 is 0 Å². The summed E-state index contributed by atoms with van der Waals surface area (Å²) in [5, 5.41) is 19.5. The summed E-state index contributed by atoms with van der Waals surface area (Å²) in [5.74, 6) is 0.0214. The van der Waals surface area contributed by atoms with Gasteiger partial charge in [-0.25, -0.2) is 9.37 Å². The van der Waals surface area contributed by atoms with Crippen LogP contribution in [0.4, 0.5) is 10.3 Å². The lowest BCUT2D eigenvalue weighted by Gasteiger charge is -2.33. The number of aliphatic hydroxyl groups is 2. The van der Waals surface area contributed by atoms with Crippen molar-refractivity contribution in [2.24, 2.45) is 5.73 Å². The first-order valence-electron chi connectivity index (χ1n) is 7.56. The van der Waals surface area contributed by atoms with Gasteiger partial charge in [0.25, 0.3) is 0 Å². The van der Waals surface area contributed by atoms with Gasteiger partial charge in [-0.05, 0) is 20.9 Å². The second-order valence-corrected chi connectivity index (χ2v) is 5.14. The van der Waals surface area contributed by atoms with Gasteiger partial charge in [0.05, 0.1) is 19.5 Å². The average molecular weight is 360 g/mol. The molecule has 25 heavy (non-hydrogen) atoms. The minimum atomic E-state index is -1.97. The molecule has 3 atom stereocenters. The monoisotopic (exact) mass is 360 g/mol. The van der Waals surface area contributed by atoms with E-state index in [4.69, 9.17) is 15.2 Å². The molecule has 0 radical (unpaired) electrons. The zero-order valence-corrected chi connectivity index (χ0v) is 14.7. The number of nitrogens with zero attached hydrogens (tertiary/aromatic N) is 4. The van der Waals surface area contributed by atoms with E-state index < -0.39 is 24.6 Å². The van der Waals surface area contributed by atoms with Crippen LogP contribution in [0.3, 0.4) is 0 Å². The fraction of sp³-hybridized carbons (Fsp3) is 0.643. The topological polar surface area (TPSA) is 155 Å². The molecule has 0 aromatic carbocycles. The number of hydrogen-bond acceptors (Lipinski definition) is 9. The summed E-state index contributed by atoms with van der Waals surface area (Å²) in [6.07, 6.45) is -2.48. The SMILES string of the molecule is CCOc1nc(N)nc2c1ncn2[C@H](F)[C@H](O)[C@@](C)(CO)OC.CN. The molecule has 0 fully saturated rings. The van der Waals surface area contributed by atoms with Crippen LogP contribution in [0.15, 0.2) is 6.33 Å². The number of fused-ring (bicyclic) bond motifs is 1. The molecule has 0 spiro atoms. The quantitative estimate of drug-likeness (QED) is 0.516. The molecule has 2 aromatic heterocycles. The molecular formula is C14H25FN6O4. The van der Waals surface area contributed by atoms with Gasteiger partial charge in [0.15, 0.2) is 11.2 Å². The summed E-state index contributed by atoms with van der Waals surface area (Å²) in [5.41, 5.74) is 8.91. The van der Waals surface area contributed by atoms with E-state index in [1.165, 1.54) is 21.1 Å². The minimum absolute atomic E-state index is 0.0730. The van der Waals surface area contributed by atoms with Gasteiger partial charge in [0.1, 0.15) is 11.7 Å². The third-order valence-corrected chi connectivity index (χ3v) is 3.62. The lowest BCUT2D eigenvalue weighted by molar-refractivity contribution is -0.152. The Balaban J connectivity index is 0.00000151. The lowest BCUT2D eigenvalue weighted by Crippen LogP contribution is -2.48. The highest BCUT2D eigenvalue weighted by molar-refractivity contribution is 5.77. The summed E-state index contributed by atoms with van der Waals surface area (Å²) in [6, 6.07) is 0. The number of nitrogen functional groups attached to an aromatic ring is 1. The predicted molar refractivity (Wildman–Crippen MR) is 89.7 cm³/mol. The first kappa shape index (κ1) is 21.0. The van der Waals surface area contributed by atoms with Crippen LogP contribution in [-0.4, -0.2) is 68.8 Å². The molecule has 6 N–H and O–H groups in total. The third kappa shape index (κ3) is 4.12. The zero-order valence-electron chi connectivity index (χ0n) is 14.7. The Hall–Kier alpha value is -2.08. The van der Waals surface area contributed by atoms with Crippen molar-refractivity contribution in [1.82, 2.24) is 19.5 Å². The second kappa shape index (κ2) is 8.85. The molecule has 10 nitrogen and oxygen atoms in total. The molecule has 2 aromatic rings. The van der Waals surface area contributed by atoms with E-state index in [0.717, 1.165) is 10.9 Å². The van der Waals surface area contributed by atoms with E-state index >= 15 is 0 Å². The molecule has 0 aliphatic carbocycles. The first-order chi connectivity index (χ1) is 11.9. The van der Waals surface area contributed by atoms with Crippen LogP contribution < -0.4 is 16.2 Å². The van der Waals surface area contributed by atoms with Crippen LogP contribution in [0.25, 0.3) is 11.2 Å². The van der Waals surface area contributed by atoms with Gasteiger partial charge in [-0.15, -0.1) is 0 Å². The smallest absolute Gasteiger partial charge is 0.247 e. The van der Waals surface area contributed by atoms with E-state index in [1.807, 2.05) is 0 Å². The highest BCUT2D eigenvalue weighted by Gasteiger charge is 2.40. The van der Waals surface area contributed by atoms with Gasteiger partial charge < -0.3 is 31.2 Å². The van der Waals surface area contributed by atoms with E-state index in [2.05, 4.69) is 20.7 Å². The third-order valence-electron chi connectivity index (χ3n) is 3.62. The van der Waals surface area contributed by atoms with Crippen molar-refractivity contribution in [3.8, 4) is 5.88 Å². The Morgan fingerprint density at radius 3 is 2.56 bits per heavy atom. The Labute approximate surface area is 144 Å². The molecule has 0 aliphatic heterocycles. The van der Waals surface area contributed by atoms with E-state index in [9.17, 15) is 14.6 Å². The van der Waals surface area contributed by atoms with Crippen molar-refractivity contribution in [2.45, 2.75) is 31.8 Å². The van der Waals surface area contributed by atoms with E-state index in [-0.39, 0.29) is 23.0 Å². The van der Waals surface area contributed by atoms with Crippen LogP contribution in [0.5, 0.6) is 5.88 Å². The number of ether oxygens (including phenoxy) is 2. The number of methoxy groups -OCH3 is 1. The van der Waals surface area contributed by atoms with Crippen molar-refractivity contribution in [2.75, 3.05) is 33.1 Å². The van der Waals surface area contributed by atoms with E-state index in [0.29, 0.717) is 6.61 Å². The second-order valence-electron chi connectivity index (χ2n) is 5.14. The van der Waals surface area contributed by atoms with Crippen molar-refractivity contribution in [1.29, 1.82) is 0 Å². The lowest BCUT2D eigenvalue weighted by atomic mass is 9.99. The first-order valence-corrected chi connectivity index (χ1v) is 7.56. The molecule has 0 amide bonds. The average Bonchev–Trinajstić information content (AvgIpc) is 3.05. The van der Waals surface area contributed by atoms with Crippen molar-refractivity contribution < 1.29 is 24.1 Å². The molecule has 0 saturated heterocycles. The summed E-state index contributed by atoms with van der Waals surface area (Å²) < 4.78 is 26.1. The number of anilines is 1. The molecule has 0 bridgehead atoms.